The topological polar surface area (TPSA) is 64.7 Å². The minimum absolute atomic E-state index is 0.168. The van der Waals surface area contributed by atoms with E-state index in [1.165, 1.54) is 16.3 Å². The van der Waals surface area contributed by atoms with Gasteiger partial charge in [0, 0.05) is 18.0 Å². The summed E-state index contributed by atoms with van der Waals surface area (Å²) in [5.74, 6) is -0.168. The summed E-state index contributed by atoms with van der Waals surface area (Å²) in [6.07, 6.45) is 7.17. The number of carbonyl (C=O) groups excluding carboxylic acids is 1. The number of nitrogens with zero attached hydrogens (tertiary/aromatic N) is 4. The van der Waals surface area contributed by atoms with Crippen LogP contribution in [0.2, 0.25) is 0 Å². The van der Waals surface area contributed by atoms with Crippen LogP contribution in [0.25, 0.3) is 10.8 Å². The third kappa shape index (κ3) is 4.48. The molecule has 0 spiro atoms. The molecule has 0 saturated carbocycles. The highest BCUT2D eigenvalue weighted by Crippen LogP contribution is 2.20. The summed E-state index contributed by atoms with van der Waals surface area (Å²) in [7, 11) is 0. The van der Waals surface area contributed by atoms with Crippen molar-refractivity contribution >= 4 is 38.3 Å². The average molecular weight is 486 g/mol. The zero-order valence-corrected chi connectivity index (χ0v) is 18.7. The van der Waals surface area contributed by atoms with Crippen LogP contribution in [0.15, 0.2) is 96.0 Å². The number of amides is 1. The van der Waals surface area contributed by atoms with Crippen LogP contribution in [0.1, 0.15) is 21.5 Å². The fourth-order valence-corrected chi connectivity index (χ4v) is 4.07. The number of rotatable bonds is 6. The predicted octanol–water partition coefficient (Wildman–Crippen LogP) is 5.34. The van der Waals surface area contributed by atoms with Gasteiger partial charge in [-0.1, -0.05) is 54.6 Å². The summed E-state index contributed by atoms with van der Waals surface area (Å²) in [6.45, 7) is 1.22. The average Bonchev–Trinajstić information content (AvgIpc) is 3.42. The molecule has 0 unspecified atom stereocenters. The Hall–Kier alpha value is -3.71. The van der Waals surface area contributed by atoms with Crippen molar-refractivity contribution in [3.05, 3.63) is 113 Å². The Balaban J connectivity index is 1.28. The number of nitrogens with one attached hydrogen (secondary N) is 1. The molecule has 0 aliphatic heterocycles. The van der Waals surface area contributed by atoms with Crippen LogP contribution in [0.4, 0.5) is 5.69 Å². The lowest BCUT2D eigenvalue weighted by atomic mass is 10.0. The molecule has 5 rings (SSSR count). The van der Waals surface area contributed by atoms with Crippen molar-refractivity contribution < 1.29 is 4.79 Å². The maximum atomic E-state index is 12.8. The van der Waals surface area contributed by atoms with Gasteiger partial charge in [0.2, 0.25) is 0 Å². The van der Waals surface area contributed by atoms with E-state index < -0.39 is 0 Å². The number of halogens is 1. The van der Waals surface area contributed by atoms with Gasteiger partial charge >= 0.3 is 0 Å². The van der Waals surface area contributed by atoms with E-state index >= 15 is 0 Å². The Bertz CT molecular complexity index is 1400. The van der Waals surface area contributed by atoms with E-state index in [1.807, 2.05) is 52.1 Å². The Morgan fingerprint density at radius 3 is 2.53 bits per heavy atom. The van der Waals surface area contributed by atoms with Crippen molar-refractivity contribution in [2.24, 2.45) is 0 Å². The Kier molecular flexibility index (Phi) is 5.56. The lowest BCUT2D eigenvalue weighted by Crippen LogP contribution is -2.12. The van der Waals surface area contributed by atoms with E-state index in [0.29, 0.717) is 24.3 Å². The van der Waals surface area contributed by atoms with E-state index in [4.69, 9.17) is 0 Å². The number of fused-ring (bicyclic) bond motifs is 1. The van der Waals surface area contributed by atoms with Crippen LogP contribution in [0.3, 0.4) is 0 Å². The smallest absolute Gasteiger partial charge is 0.255 e. The fraction of sp³-hybridized carbons (Fsp3) is 0.0800. The second-order valence-electron chi connectivity index (χ2n) is 7.58. The van der Waals surface area contributed by atoms with Crippen molar-refractivity contribution in [1.82, 2.24) is 19.6 Å². The second kappa shape index (κ2) is 8.80. The van der Waals surface area contributed by atoms with Crippen molar-refractivity contribution in [2.75, 3.05) is 5.32 Å². The summed E-state index contributed by atoms with van der Waals surface area (Å²) in [4.78, 5) is 12.8. The number of aromatic nitrogens is 4. The molecule has 5 aromatic rings. The highest BCUT2D eigenvalue weighted by atomic mass is 79.9. The highest BCUT2D eigenvalue weighted by molar-refractivity contribution is 9.10. The van der Waals surface area contributed by atoms with Crippen LogP contribution in [0.5, 0.6) is 0 Å². The Morgan fingerprint density at radius 2 is 1.66 bits per heavy atom. The lowest BCUT2D eigenvalue weighted by Gasteiger charge is -2.07. The predicted molar refractivity (Wildman–Crippen MR) is 129 cm³/mol. The molecule has 6 nitrogen and oxygen atoms in total. The first-order chi connectivity index (χ1) is 15.6. The van der Waals surface area contributed by atoms with Crippen LogP contribution in [-0.2, 0) is 13.1 Å². The molecule has 0 bridgehead atoms. The minimum Gasteiger partial charge on any atom is -0.319 e. The maximum absolute atomic E-state index is 12.8. The molecule has 0 saturated heterocycles. The molecular formula is C25H20BrN5O. The second-order valence-corrected chi connectivity index (χ2v) is 8.49. The molecule has 0 fully saturated rings. The number of anilines is 1. The van der Waals surface area contributed by atoms with E-state index in [2.05, 4.69) is 61.8 Å². The first-order valence-corrected chi connectivity index (χ1v) is 11.0. The molecule has 2 aromatic heterocycles. The van der Waals surface area contributed by atoms with Crippen LogP contribution in [0, 0.1) is 0 Å². The molecule has 0 aliphatic rings. The van der Waals surface area contributed by atoms with Gasteiger partial charge in [0.05, 0.1) is 35.6 Å². The molecular weight excluding hydrogens is 466 g/mol. The molecule has 0 aliphatic carbocycles. The monoisotopic (exact) mass is 485 g/mol. The molecule has 0 atom stereocenters. The van der Waals surface area contributed by atoms with Gasteiger partial charge in [0.15, 0.2) is 0 Å². The molecule has 7 heteroatoms. The van der Waals surface area contributed by atoms with E-state index in [1.54, 1.807) is 18.5 Å². The van der Waals surface area contributed by atoms with Gasteiger partial charge in [0.25, 0.3) is 5.91 Å². The Morgan fingerprint density at radius 1 is 0.875 bits per heavy atom. The SMILES string of the molecule is O=C(Nc1cnn(Cc2cccc3ccccc23)c1)c1cccc(Cn2cc(Br)cn2)c1. The first kappa shape index (κ1) is 20.2. The van der Waals surface area contributed by atoms with Gasteiger partial charge in [-0.15, -0.1) is 0 Å². The van der Waals surface area contributed by atoms with Crippen LogP contribution in [-0.4, -0.2) is 25.5 Å². The largest absolute Gasteiger partial charge is 0.319 e. The van der Waals surface area contributed by atoms with Crippen molar-refractivity contribution in [3.63, 3.8) is 0 Å². The third-order valence-electron chi connectivity index (χ3n) is 5.24. The highest BCUT2D eigenvalue weighted by Gasteiger charge is 2.10. The maximum Gasteiger partial charge on any atom is 0.255 e. The first-order valence-electron chi connectivity index (χ1n) is 10.2. The van der Waals surface area contributed by atoms with Crippen LogP contribution >= 0.6 is 15.9 Å². The summed E-state index contributed by atoms with van der Waals surface area (Å²) in [6, 6.07) is 22.1. The Labute approximate surface area is 193 Å². The summed E-state index contributed by atoms with van der Waals surface area (Å²) >= 11 is 3.40. The number of carbonyl (C=O) groups is 1. The van der Waals surface area contributed by atoms with Crippen molar-refractivity contribution in [3.8, 4) is 0 Å². The fourth-order valence-electron chi connectivity index (χ4n) is 3.75. The normalized spacial score (nSPS) is 11.0. The van der Waals surface area contributed by atoms with Gasteiger partial charge in [0.1, 0.15) is 0 Å². The standard InChI is InChI=1S/C25H20BrN5O/c26-22-12-27-30(16-22)14-18-5-3-8-20(11-18)25(32)29-23-13-28-31(17-23)15-21-9-4-7-19-6-1-2-10-24(19)21/h1-13,16-17H,14-15H2,(H,29,32). The van der Waals surface area contributed by atoms with E-state index in [9.17, 15) is 4.79 Å². The van der Waals surface area contributed by atoms with Gasteiger partial charge in [-0.2, -0.15) is 10.2 Å². The third-order valence-corrected chi connectivity index (χ3v) is 5.65. The molecule has 32 heavy (non-hydrogen) atoms. The molecule has 158 valence electrons. The molecule has 3 aromatic carbocycles. The van der Waals surface area contributed by atoms with Crippen LogP contribution < -0.4 is 5.32 Å². The number of benzene rings is 3. The number of hydrogen-bond donors (Lipinski definition) is 1. The molecule has 1 N–H and O–H groups in total. The van der Waals surface area contributed by atoms with Crippen molar-refractivity contribution in [2.45, 2.75) is 13.1 Å². The van der Waals surface area contributed by atoms with Gasteiger partial charge in [-0.3, -0.25) is 14.2 Å². The van der Waals surface area contributed by atoms with Gasteiger partial charge in [-0.05, 0) is 50.0 Å². The zero-order chi connectivity index (χ0) is 21.9. The zero-order valence-electron chi connectivity index (χ0n) is 17.1. The number of hydrogen-bond acceptors (Lipinski definition) is 3. The molecule has 0 radical (unpaired) electrons. The molecule has 1 amide bonds. The van der Waals surface area contributed by atoms with E-state index in [0.717, 1.165) is 10.0 Å². The minimum atomic E-state index is -0.168. The molecule has 2 heterocycles. The summed E-state index contributed by atoms with van der Waals surface area (Å²) in [5.41, 5.74) is 3.44. The lowest BCUT2D eigenvalue weighted by molar-refractivity contribution is 0.102. The quantitative estimate of drug-likeness (QED) is 0.352. The van der Waals surface area contributed by atoms with Gasteiger partial charge in [-0.25, -0.2) is 0 Å². The van der Waals surface area contributed by atoms with Gasteiger partial charge < -0.3 is 5.32 Å². The van der Waals surface area contributed by atoms with Crippen molar-refractivity contribution in [1.29, 1.82) is 0 Å². The summed E-state index contributed by atoms with van der Waals surface area (Å²) in [5, 5.41) is 14.0. The van der Waals surface area contributed by atoms with E-state index in [-0.39, 0.29) is 5.91 Å². The summed E-state index contributed by atoms with van der Waals surface area (Å²) < 4.78 is 4.58.